The third-order valence-electron chi connectivity index (χ3n) is 5.63. The Hall–Kier alpha value is -2.72. The molecule has 0 radical (unpaired) electrons. The van der Waals surface area contributed by atoms with E-state index in [1.54, 1.807) is 25.1 Å². The average molecular weight is 536 g/mol. The van der Waals surface area contributed by atoms with Crippen molar-refractivity contribution in [1.82, 2.24) is 14.5 Å². The molecular weight excluding hydrogens is 510 g/mol. The van der Waals surface area contributed by atoms with Crippen molar-refractivity contribution in [2.75, 3.05) is 6.54 Å². The molecule has 2 aromatic rings. The summed E-state index contributed by atoms with van der Waals surface area (Å²) in [6.45, 7) is 4.77. The van der Waals surface area contributed by atoms with Crippen LogP contribution in [0.5, 0.6) is 0 Å². The molecule has 33 heavy (non-hydrogen) atoms. The topological polar surface area (TPSA) is 104 Å². The van der Waals surface area contributed by atoms with Crippen molar-refractivity contribution in [3.8, 4) is 0 Å². The molecule has 2 aromatic carbocycles. The van der Waals surface area contributed by atoms with Gasteiger partial charge in [-0.25, -0.2) is 12.7 Å². The Kier molecular flexibility index (Phi) is 7.58. The highest BCUT2D eigenvalue weighted by Gasteiger charge is 2.43. The lowest BCUT2D eigenvalue weighted by atomic mass is 10.1. The van der Waals surface area contributed by atoms with Gasteiger partial charge in [0.1, 0.15) is 17.5 Å². The largest absolute Gasteiger partial charge is 0.352 e. The van der Waals surface area contributed by atoms with Gasteiger partial charge in [-0.2, -0.15) is 0 Å². The highest BCUT2D eigenvalue weighted by Crippen LogP contribution is 2.30. The molecule has 0 aromatic heterocycles. The SMILES string of the molecule is CCC(C)NC(=O)C(C)N(Cc1ccc(Br)cc1)C(=O)CN1C(=O)c2ccccc2S1(=O)=O. The lowest BCUT2D eigenvalue weighted by molar-refractivity contribution is -0.140. The van der Waals surface area contributed by atoms with Gasteiger partial charge in [-0.15, -0.1) is 0 Å². The first-order valence-electron chi connectivity index (χ1n) is 10.6. The molecule has 8 nitrogen and oxygen atoms in total. The van der Waals surface area contributed by atoms with Crippen molar-refractivity contribution >= 4 is 43.7 Å². The van der Waals surface area contributed by atoms with Crippen LogP contribution in [-0.4, -0.2) is 54.0 Å². The van der Waals surface area contributed by atoms with E-state index in [0.29, 0.717) is 4.31 Å². The number of carbonyl (C=O) groups excluding carboxylic acids is 3. The van der Waals surface area contributed by atoms with E-state index in [1.165, 1.54) is 23.1 Å². The number of fused-ring (bicyclic) bond motifs is 1. The maximum absolute atomic E-state index is 13.3. The Morgan fingerprint density at radius 3 is 2.33 bits per heavy atom. The minimum Gasteiger partial charge on any atom is -0.352 e. The molecule has 2 unspecified atom stereocenters. The predicted molar refractivity (Wildman–Crippen MR) is 127 cm³/mol. The molecule has 0 bridgehead atoms. The zero-order chi connectivity index (χ0) is 24.3. The first kappa shape index (κ1) is 24.9. The second-order valence-corrected chi connectivity index (χ2v) is 10.7. The van der Waals surface area contributed by atoms with E-state index in [-0.39, 0.29) is 29.0 Å². The minimum atomic E-state index is -4.14. The number of benzene rings is 2. The Balaban J connectivity index is 1.88. The third-order valence-corrected chi connectivity index (χ3v) is 7.94. The van der Waals surface area contributed by atoms with Crippen LogP contribution in [0.4, 0.5) is 0 Å². The Morgan fingerprint density at radius 2 is 1.73 bits per heavy atom. The van der Waals surface area contributed by atoms with Crippen molar-refractivity contribution in [2.24, 2.45) is 0 Å². The summed E-state index contributed by atoms with van der Waals surface area (Å²) in [4.78, 5) is 40.1. The lowest BCUT2D eigenvalue weighted by Gasteiger charge is -2.30. The molecule has 1 heterocycles. The van der Waals surface area contributed by atoms with Gasteiger partial charge in [0.25, 0.3) is 15.9 Å². The van der Waals surface area contributed by atoms with Crippen molar-refractivity contribution in [3.05, 3.63) is 64.1 Å². The monoisotopic (exact) mass is 535 g/mol. The molecule has 1 aliphatic rings. The van der Waals surface area contributed by atoms with Crippen LogP contribution in [0.1, 0.15) is 43.1 Å². The fourth-order valence-corrected chi connectivity index (χ4v) is 5.22. The fourth-order valence-electron chi connectivity index (χ4n) is 3.44. The summed E-state index contributed by atoms with van der Waals surface area (Å²) in [6.07, 6.45) is 0.720. The van der Waals surface area contributed by atoms with Gasteiger partial charge in [-0.3, -0.25) is 14.4 Å². The Bertz CT molecular complexity index is 1170. The number of hydrogen-bond donors (Lipinski definition) is 1. The van der Waals surface area contributed by atoms with Crippen molar-refractivity contribution < 1.29 is 22.8 Å². The predicted octanol–water partition coefficient (Wildman–Crippen LogP) is 2.93. The van der Waals surface area contributed by atoms with E-state index in [9.17, 15) is 22.8 Å². The maximum atomic E-state index is 13.3. The Morgan fingerprint density at radius 1 is 1.09 bits per heavy atom. The number of hydrogen-bond acceptors (Lipinski definition) is 5. The molecule has 3 rings (SSSR count). The fraction of sp³-hybridized carbons (Fsp3) is 0.348. The van der Waals surface area contributed by atoms with Gasteiger partial charge >= 0.3 is 0 Å². The van der Waals surface area contributed by atoms with E-state index < -0.39 is 34.4 Å². The van der Waals surface area contributed by atoms with E-state index in [4.69, 9.17) is 0 Å². The maximum Gasteiger partial charge on any atom is 0.269 e. The van der Waals surface area contributed by atoms with Crippen LogP contribution < -0.4 is 5.32 Å². The Labute approximate surface area is 202 Å². The molecule has 1 aliphatic heterocycles. The lowest BCUT2D eigenvalue weighted by Crippen LogP contribution is -2.52. The average Bonchev–Trinajstić information content (AvgIpc) is 2.98. The summed E-state index contributed by atoms with van der Waals surface area (Å²) in [5, 5.41) is 2.85. The van der Waals surface area contributed by atoms with Crippen LogP contribution in [-0.2, 0) is 26.2 Å². The van der Waals surface area contributed by atoms with Crippen LogP contribution >= 0.6 is 15.9 Å². The second-order valence-electron chi connectivity index (χ2n) is 7.95. The van der Waals surface area contributed by atoms with Gasteiger partial charge in [0.2, 0.25) is 11.8 Å². The minimum absolute atomic E-state index is 0.0346. The van der Waals surface area contributed by atoms with Crippen molar-refractivity contribution in [3.63, 3.8) is 0 Å². The van der Waals surface area contributed by atoms with E-state index in [1.807, 2.05) is 26.0 Å². The summed E-state index contributed by atoms with van der Waals surface area (Å²) in [5.41, 5.74) is 0.793. The van der Waals surface area contributed by atoms with Gasteiger partial charge in [0, 0.05) is 17.1 Å². The van der Waals surface area contributed by atoms with Gasteiger partial charge in [-0.1, -0.05) is 47.1 Å². The first-order chi connectivity index (χ1) is 15.6. The number of nitrogens with zero attached hydrogens (tertiary/aromatic N) is 2. The first-order valence-corrected chi connectivity index (χ1v) is 12.8. The zero-order valence-electron chi connectivity index (χ0n) is 18.6. The number of sulfonamides is 1. The summed E-state index contributed by atoms with van der Waals surface area (Å²) in [6, 6.07) is 12.1. The zero-order valence-corrected chi connectivity index (χ0v) is 21.0. The molecule has 176 valence electrons. The molecule has 10 heteroatoms. The number of halogens is 1. The number of carbonyl (C=O) groups is 3. The van der Waals surface area contributed by atoms with E-state index in [0.717, 1.165) is 16.5 Å². The van der Waals surface area contributed by atoms with Gasteiger partial charge in [-0.05, 0) is 50.1 Å². The van der Waals surface area contributed by atoms with E-state index in [2.05, 4.69) is 21.2 Å². The number of nitrogens with one attached hydrogen (secondary N) is 1. The van der Waals surface area contributed by atoms with Crippen LogP contribution in [0, 0.1) is 0 Å². The quantitative estimate of drug-likeness (QED) is 0.559. The molecule has 1 N–H and O–H groups in total. The number of amides is 3. The number of rotatable bonds is 8. The van der Waals surface area contributed by atoms with Gasteiger partial charge < -0.3 is 10.2 Å². The third kappa shape index (κ3) is 5.27. The van der Waals surface area contributed by atoms with Crippen molar-refractivity contribution in [2.45, 2.75) is 50.7 Å². The standard InChI is InChI=1S/C23H26BrN3O5S/c1-4-15(2)25-22(29)16(3)26(13-17-9-11-18(24)12-10-17)21(28)14-27-23(30)19-7-5-6-8-20(19)33(27,31)32/h5-12,15-16H,4,13-14H2,1-3H3,(H,25,29). The molecular formula is C23H26BrN3O5S. The summed E-state index contributed by atoms with van der Waals surface area (Å²) >= 11 is 3.36. The van der Waals surface area contributed by atoms with Gasteiger partial charge in [0.05, 0.1) is 5.56 Å². The molecule has 0 saturated carbocycles. The van der Waals surface area contributed by atoms with Gasteiger partial charge in [0.15, 0.2) is 0 Å². The molecule has 0 spiro atoms. The second kappa shape index (κ2) is 10.0. The summed E-state index contributed by atoms with van der Waals surface area (Å²) < 4.78 is 27.2. The molecule has 3 amide bonds. The molecule has 2 atom stereocenters. The van der Waals surface area contributed by atoms with Crippen molar-refractivity contribution in [1.29, 1.82) is 0 Å². The smallest absolute Gasteiger partial charge is 0.269 e. The molecule has 0 saturated heterocycles. The summed E-state index contributed by atoms with van der Waals surface area (Å²) in [5.74, 6) is -1.75. The van der Waals surface area contributed by atoms with Crippen LogP contribution in [0.2, 0.25) is 0 Å². The highest BCUT2D eigenvalue weighted by atomic mass is 79.9. The van der Waals surface area contributed by atoms with Crippen LogP contribution in [0.25, 0.3) is 0 Å². The summed E-state index contributed by atoms with van der Waals surface area (Å²) in [7, 11) is -4.14. The van der Waals surface area contributed by atoms with Crippen LogP contribution in [0.15, 0.2) is 57.9 Å². The molecule has 0 aliphatic carbocycles. The van der Waals surface area contributed by atoms with E-state index >= 15 is 0 Å². The van der Waals surface area contributed by atoms with Crippen LogP contribution in [0.3, 0.4) is 0 Å². The molecule has 0 fully saturated rings. The normalized spacial score (nSPS) is 16.1. The highest BCUT2D eigenvalue weighted by molar-refractivity contribution is 9.10.